The Hall–Kier alpha value is -1.46. The van der Waals surface area contributed by atoms with E-state index in [1.807, 2.05) is 12.1 Å². The van der Waals surface area contributed by atoms with E-state index in [4.69, 9.17) is 5.73 Å². The molecule has 92 valence electrons. The zero-order valence-corrected chi connectivity index (χ0v) is 11.5. The fourth-order valence-corrected chi connectivity index (χ4v) is 3.65. The van der Waals surface area contributed by atoms with E-state index in [2.05, 4.69) is 24.4 Å². The average molecular weight is 276 g/mol. The highest BCUT2D eigenvalue weighted by Crippen LogP contribution is 2.38. The largest absolute Gasteiger partial charge is 0.391 e. The molecule has 1 aromatic carbocycles. The summed E-state index contributed by atoms with van der Waals surface area (Å²) in [5, 5.41) is 3.73. The van der Waals surface area contributed by atoms with Crippen LogP contribution in [0, 0.1) is 6.92 Å². The molecule has 3 N–H and O–H groups in total. The van der Waals surface area contributed by atoms with Crippen LogP contribution < -0.4 is 11.1 Å². The first-order valence-electron chi connectivity index (χ1n) is 5.56. The number of hydrogen-bond acceptors (Lipinski definition) is 4. The van der Waals surface area contributed by atoms with Gasteiger partial charge in [-0.15, -0.1) is 23.1 Å². The number of hydrogen-bond donors (Lipinski definition) is 2. The Morgan fingerprint density at radius 1 is 1.33 bits per heavy atom. The topological polar surface area (TPSA) is 55.1 Å². The second-order valence-electron chi connectivity index (χ2n) is 4.17. The predicted molar refractivity (Wildman–Crippen MR) is 78.3 cm³/mol. The molecule has 0 saturated heterocycles. The SMILES string of the molecule is Cc1sc(N)cc1-c1ccc2c(c1)NC(=O)CS2. The molecule has 0 fully saturated rings. The van der Waals surface area contributed by atoms with Crippen LogP contribution in [0.2, 0.25) is 0 Å². The molecule has 0 atom stereocenters. The maximum atomic E-state index is 11.4. The van der Waals surface area contributed by atoms with Crippen LogP contribution in [-0.4, -0.2) is 11.7 Å². The average Bonchev–Trinajstić information content (AvgIpc) is 2.67. The lowest BCUT2D eigenvalue weighted by Crippen LogP contribution is -2.18. The van der Waals surface area contributed by atoms with E-state index in [-0.39, 0.29) is 5.91 Å². The van der Waals surface area contributed by atoms with Gasteiger partial charge in [0.05, 0.1) is 16.4 Å². The van der Waals surface area contributed by atoms with Gasteiger partial charge in [0.15, 0.2) is 0 Å². The van der Waals surface area contributed by atoms with E-state index in [1.165, 1.54) is 4.88 Å². The van der Waals surface area contributed by atoms with Crippen molar-refractivity contribution in [2.45, 2.75) is 11.8 Å². The number of carbonyl (C=O) groups is 1. The molecular formula is C13H12N2OS2. The number of aryl methyl sites for hydroxylation is 1. The molecule has 1 aliphatic heterocycles. The monoisotopic (exact) mass is 276 g/mol. The Morgan fingerprint density at radius 2 is 2.17 bits per heavy atom. The van der Waals surface area contributed by atoms with Crippen LogP contribution in [0.4, 0.5) is 10.7 Å². The normalized spacial score (nSPS) is 14.2. The van der Waals surface area contributed by atoms with Gasteiger partial charge in [0, 0.05) is 9.77 Å². The van der Waals surface area contributed by atoms with Gasteiger partial charge in [-0.05, 0) is 36.2 Å². The minimum atomic E-state index is 0.0613. The summed E-state index contributed by atoms with van der Waals surface area (Å²) < 4.78 is 0. The molecule has 3 rings (SSSR count). The number of benzene rings is 1. The summed E-state index contributed by atoms with van der Waals surface area (Å²) in [4.78, 5) is 13.7. The number of thioether (sulfide) groups is 1. The van der Waals surface area contributed by atoms with Gasteiger partial charge in [0.2, 0.25) is 5.91 Å². The Kier molecular flexibility index (Phi) is 2.80. The van der Waals surface area contributed by atoms with E-state index >= 15 is 0 Å². The van der Waals surface area contributed by atoms with Crippen molar-refractivity contribution in [3.8, 4) is 11.1 Å². The van der Waals surface area contributed by atoms with Crippen LogP contribution in [-0.2, 0) is 4.79 Å². The van der Waals surface area contributed by atoms with Crippen molar-refractivity contribution in [2.75, 3.05) is 16.8 Å². The van der Waals surface area contributed by atoms with Gasteiger partial charge < -0.3 is 11.1 Å². The molecule has 0 unspecified atom stereocenters. The van der Waals surface area contributed by atoms with E-state index in [0.717, 1.165) is 26.7 Å². The molecule has 0 bridgehead atoms. The minimum absolute atomic E-state index is 0.0613. The van der Waals surface area contributed by atoms with Gasteiger partial charge in [-0.1, -0.05) is 6.07 Å². The first-order valence-corrected chi connectivity index (χ1v) is 7.36. The van der Waals surface area contributed by atoms with Gasteiger partial charge in [0.1, 0.15) is 0 Å². The number of anilines is 2. The van der Waals surface area contributed by atoms with Gasteiger partial charge in [-0.3, -0.25) is 4.79 Å². The fraction of sp³-hybridized carbons (Fsp3) is 0.154. The quantitative estimate of drug-likeness (QED) is 0.840. The second-order valence-corrected chi connectivity index (χ2v) is 6.47. The van der Waals surface area contributed by atoms with Crippen molar-refractivity contribution < 1.29 is 4.79 Å². The van der Waals surface area contributed by atoms with Crippen molar-refractivity contribution in [3.63, 3.8) is 0 Å². The van der Waals surface area contributed by atoms with Crippen molar-refractivity contribution >= 4 is 39.7 Å². The zero-order chi connectivity index (χ0) is 12.7. The van der Waals surface area contributed by atoms with Gasteiger partial charge in [-0.25, -0.2) is 0 Å². The van der Waals surface area contributed by atoms with Crippen LogP contribution in [0.5, 0.6) is 0 Å². The maximum Gasteiger partial charge on any atom is 0.234 e. The van der Waals surface area contributed by atoms with Gasteiger partial charge >= 0.3 is 0 Å². The highest BCUT2D eigenvalue weighted by atomic mass is 32.2. The van der Waals surface area contributed by atoms with Crippen LogP contribution in [0.15, 0.2) is 29.2 Å². The summed E-state index contributed by atoms with van der Waals surface area (Å²) in [5.74, 6) is 0.558. The summed E-state index contributed by atoms with van der Waals surface area (Å²) in [7, 11) is 0. The first kappa shape index (κ1) is 11.6. The molecular weight excluding hydrogens is 264 g/mol. The number of rotatable bonds is 1. The molecule has 18 heavy (non-hydrogen) atoms. The number of nitrogens with two attached hydrogens (primary N) is 1. The van der Waals surface area contributed by atoms with Crippen LogP contribution in [0.1, 0.15) is 4.88 Å². The van der Waals surface area contributed by atoms with Crippen LogP contribution >= 0.6 is 23.1 Å². The Morgan fingerprint density at radius 3 is 2.89 bits per heavy atom. The van der Waals surface area contributed by atoms with Crippen molar-refractivity contribution in [3.05, 3.63) is 29.1 Å². The Labute approximate surface area is 113 Å². The summed E-state index contributed by atoms with van der Waals surface area (Å²) in [6.07, 6.45) is 0. The lowest BCUT2D eigenvalue weighted by Gasteiger charge is -2.17. The number of nitrogen functional groups attached to an aromatic ring is 1. The number of fused-ring (bicyclic) bond motifs is 1. The van der Waals surface area contributed by atoms with Crippen LogP contribution in [0.3, 0.4) is 0 Å². The highest BCUT2D eigenvalue weighted by molar-refractivity contribution is 8.00. The third kappa shape index (κ3) is 2.00. The van der Waals surface area contributed by atoms with Gasteiger partial charge in [0.25, 0.3) is 0 Å². The van der Waals surface area contributed by atoms with E-state index < -0.39 is 0 Å². The van der Waals surface area contributed by atoms with E-state index in [9.17, 15) is 4.79 Å². The molecule has 5 heteroatoms. The van der Waals surface area contributed by atoms with Crippen molar-refractivity contribution in [1.82, 2.24) is 0 Å². The second kappa shape index (κ2) is 4.33. The minimum Gasteiger partial charge on any atom is -0.391 e. The third-order valence-electron chi connectivity index (χ3n) is 2.86. The third-order valence-corrected chi connectivity index (χ3v) is 4.81. The molecule has 1 aliphatic rings. The van der Waals surface area contributed by atoms with Gasteiger partial charge in [-0.2, -0.15) is 0 Å². The number of amides is 1. The molecule has 1 amide bonds. The smallest absolute Gasteiger partial charge is 0.234 e. The molecule has 2 heterocycles. The lowest BCUT2D eigenvalue weighted by atomic mass is 10.1. The maximum absolute atomic E-state index is 11.4. The Bertz CT molecular complexity index is 634. The Balaban J connectivity index is 2.07. The van der Waals surface area contributed by atoms with E-state index in [1.54, 1.807) is 23.1 Å². The molecule has 0 aliphatic carbocycles. The predicted octanol–water partition coefficient (Wildman–Crippen LogP) is 3.35. The fourth-order valence-electron chi connectivity index (χ4n) is 2.04. The summed E-state index contributed by atoms with van der Waals surface area (Å²) in [5.41, 5.74) is 8.96. The molecule has 2 aromatic rings. The molecule has 1 aromatic heterocycles. The first-order chi connectivity index (χ1) is 8.63. The van der Waals surface area contributed by atoms with Crippen molar-refractivity contribution in [2.24, 2.45) is 0 Å². The summed E-state index contributed by atoms with van der Waals surface area (Å²) in [6, 6.07) is 8.15. The summed E-state index contributed by atoms with van der Waals surface area (Å²) >= 11 is 3.16. The molecule has 0 radical (unpaired) electrons. The van der Waals surface area contributed by atoms with E-state index in [0.29, 0.717) is 5.75 Å². The highest BCUT2D eigenvalue weighted by Gasteiger charge is 2.16. The van der Waals surface area contributed by atoms with Crippen LogP contribution in [0.25, 0.3) is 11.1 Å². The molecule has 0 saturated carbocycles. The lowest BCUT2D eigenvalue weighted by molar-refractivity contribution is -0.113. The van der Waals surface area contributed by atoms with Crippen molar-refractivity contribution in [1.29, 1.82) is 0 Å². The zero-order valence-electron chi connectivity index (χ0n) is 9.82. The number of nitrogens with one attached hydrogen (secondary N) is 1. The summed E-state index contributed by atoms with van der Waals surface area (Å²) in [6.45, 7) is 2.06. The number of thiophene rings is 1. The standard InChI is InChI=1S/C13H12N2OS2/c1-7-9(5-12(14)18-7)8-2-3-11-10(4-8)15-13(16)6-17-11/h2-5H,6,14H2,1H3,(H,15,16). The molecule has 3 nitrogen and oxygen atoms in total. The molecule has 0 spiro atoms. The number of carbonyl (C=O) groups excluding carboxylic acids is 1.